The summed E-state index contributed by atoms with van der Waals surface area (Å²) in [6, 6.07) is 28.4. The lowest BCUT2D eigenvalue weighted by Crippen LogP contribution is -2.29. The molecule has 0 unspecified atom stereocenters. The monoisotopic (exact) mass is 510 g/mol. The molecule has 2 heterocycles. The number of rotatable bonds is 9. The zero-order valence-corrected chi connectivity index (χ0v) is 21.7. The molecule has 1 aliphatic rings. The van der Waals surface area contributed by atoms with Crippen molar-refractivity contribution in [3.05, 3.63) is 118 Å². The highest BCUT2D eigenvalue weighted by molar-refractivity contribution is 7.16. The third kappa shape index (κ3) is 6.16. The maximum atomic E-state index is 13.0. The molecule has 6 heteroatoms. The zero-order chi connectivity index (χ0) is 25.5. The van der Waals surface area contributed by atoms with Crippen molar-refractivity contribution in [2.75, 3.05) is 13.2 Å². The van der Waals surface area contributed by atoms with Gasteiger partial charge in [0.1, 0.15) is 17.4 Å². The molecule has 3 aromatic carbocycles. The van der Waals surface area contributed by atoms with Crippen molar-refractivity contribution in [1.29, 1.82) is 0 Å². The zero-order valence-electron chi connectivity index (χ0n) is 20.9. The molecule has 188 valence electrons. The van der Waals surface area contributed by atoms with Gasteiger partial charge in [0.15, 0.2) is 0 Å². The first-order valence-electron chi connectivity index (χ1n) is 12.6. The summed E-state index contributed by atoms with van der Waals surface area (Å²) >= 11 is 1.58. The summed E-state index contributed by atoms with van der Waals surface area (Å²) in [6.07, 6.45) is 2.60. The van der Waals surface area contributed by atoms with Crippen molar-refractivity contribution in [3.63, 3.8) is 0 Å². The molecule has 0 atom stereocenters. The summed E-state index contributed by atoms with van der Waals surface area (Å²) in [5.41, 5.74) is 4.95. The van der Waals surface area contributed by atoms with Crippen LogP contribution in [0.2, 0.25) is 0 Å². The molecule has 5 nitrogen and oxygen atoms in total. The minimum absolute atomic E-state index is 0.294. The first kappa shape index (κ1) is 24.9. The Hall–Kier alpha value is -3.74. The molecule has 0 spiro atoms. The average molecular weight is 511 g/mol. The Labute approximate surface area is 222 Å². The van der Waals surface area contributed by atoms with Gasteiger partial charge in [-0.3, -0.25) is 4.90 Å². The minimum atomic E-state index is -0.294. The van der Waals surface area contributed by atoms with Crippen molar-refractivity contribution >= 4 is 28.5 Å². The number of carbonyl (C=O) groups excluding carboxylic acids is 1. The fraction of sp³-hybridized carbons (Fsp3) is 0.226. The van der Waals surface area contributed by atoms with Crippen LogP contribution in [0.1, 0.15) is 44.4 Å². The molecular weight excluding hydrogens is 480 g/mol. The van der Waals surface area contributed by atoms with Crippen LogP contribution in [0.25, 0.3) is 0 Å². The van der Waals surface area contributed by atoms with Crippen LogP contribution in [0.3, 0.4) is 0 Å². The Balaban J connectivity index is 1.38. The third-order valence-electron chi connectivity index (χ3n) is 6.32. The summed E-state index contributed by atoms with van der Waals surface area (Å²) in [5, 5.41) is 0.697. The van der Waals surface area contributed by atoms with E-state index in [0.717, 1.165) is 48.5 Å². The number of hydrogen-bond donors (Lipinski definition) is 0. The lowest BCUT2D eigenvalue weighted by Gasteiger charge is -2.27. The van der Waals surface area contributed by atoms with Crippen LogP contribution in [-0.4, -0.2) is 30.2 Å². The van der Waals surface area contributed by atoms with Gasteiger partial charge in [0.25, 0.3) is 0 Å². The van der Waals surface area contributed by atoms with Gasteiger partial charge in [-0.1, -0.05) is 72.8 Å². The standard InChI is InChI=1S/C31H30N2O3S/c1-2-35-31(34)29-26-17-18-33(20-23-11-5-3-6-12-23)21-28(26)37-30(29)32-19-25-15-9-10-16-27(25)36-22-24-13-7-4-8-14-24/h3-16,19H,2,17-18,20-22H2,1H3. The average Bonchev–Trinajstić information content (AvgIpc) is 3.30. The lowest BCUT2D eigenvalue weighted by molar-refractivity contribution is 0.0526. The molecule has 4 aromatic rings. The predicted octanol–water partition coefficient (Wildman–Crippen LogP) is 6.81. The predicted molar refractivity (Wildman–Crippen MR) is 149 cm³/mol. The van der Waals surface area contributed by atoms with Crippen LogP contribution >= 0.6 is 11.3 Å². The summed E-state index contributed by atoms with van der Waals surface area (Å²) in [6.45, 7) is 5.23. The number of carbonyl (C=O) groups is 1. The van der Waals surface area contributed by atoms with Crippen LogP contribution < -0.4 is 4.74 Å². The van der Waals surface area contributed by atoms with Crippen LogP contribution in [0.15, 0.2) is 89.9 Å². The molecule has 0 saturated heterocycles. The van der Waals surface area contributed by atoms with Crippen molar-refractivity contribution in [1.82, 2.24) is 4.90 Å². The number of aliphatic imine (C=N–C) groups is 1. The van der Waals surface area contributed by atoms with Crippen LogP contribution in [0.5, 0.6) is 5.75 Å². The first-order chi connectivity index (χ1) is 18.2. The SMILES string of the molecule is CCOC(=O)c1c(N=Cc2ccccc2OCc2ccccc2)sc2c1CCN(Cc1ccccc1)C2. The van der Waals surface area contributed by atoms with Crippen molar-refractivity contribution in [2.24, 2.45) is 4.99 Å². The second-order valence-corrected chi connectivity index (χ2v) is 10.0. The largest absolute Gasteiger partial charge is 0.488 e. The van der Waals surface area contributed by atoms with E-state index >= 15 is 0 Å². The van der Waals surface area contributed by atoms with Gasteiger partial charge in [-0.15, -0.1) is 11.3 Å². The minimum Gasteiger partial charge on any atom is -0.488 e. The molecule has 5 rings (SSSR count). The highest BCUT2D eigenvalue weighted by Gasteiger charge is 2.28. The second-order valence-electron chi connectivity index (χ2n) is 8.92. The van der Waals surface area contributed by atoms with E-state index in [1.54, 1.807) is 17.6 Å². The molecular formula is C31H30N2O3S. The maximum absolute atomic E-state index is 13.0. The number of nitrogens with zero attached hydrogens (tertiary/aromatic N) is 2. The number of ether oxygens (including phenoxy) is 2. The Bertz CT molecular complexity index is 1370. The number of hydrogen-bond acceptors (Lipinski definition) is 6. The van der Waals surface area contributed by atoms with Crippen molar-refractivity contribution in [2.45, 2.75) is 33.0 Å². The molecule has 0 fully saturated rings. The highest BCUT2D eigenvalue weighted by atomic mass is 32.1. The molecule has 0 aliphatic carbocycles. The first-order valence-corrected chi connectivity index (χ1v) is 13.4. The second kappa shape index (κ2) is 12.0. The Kier molecular flexibility index (Phi) is 8.08. The molecule has 1 aliphatic heterocycles. The van der Waals surface area contributed by atoms with Gasteiger partial charge < -0.3 is 9.47 Å². The van der Waals surface area contributed by atoms with Crippen LogP contribution in [0, 0.1) is 0 Å². The molecule has 0 bridgehead atoms. The number of fused-ring (bicyclic) bond motifs is 1. The highest BCUT2D eigenvalue weighted by Crippen LogP contribution is 2.40. The van der Waals surface area contributed by atoms with E-state index in [-0.39, 0.29) is 5.97 Å². The van der Waals surface area contributed by atoms with Crippen molar-refractivity contribution in [3.8, 4) is 5.75 Å². The molecule has 0 N–H and O–H groups in total. The molecule has 1 aromatic heterocycles. The van der Waals surface area contributed by atoms with E-state index in [0.29, 0.717) is 23.8 Å². The quantitative estimate of drug-likeness (QED) is 0.183. The van der Waals surface area contributed by atoms with Crippen LogP contribution in [0.4, 0.5) is 5.00 Å². The molecule has 0 saturated carbocycles. The van der Waals surface area contributed by atoms with E-state index in [1.165, 1.54) is 10.4 Å². The summed E-state index contributed by atoms with van der Waals surface area (Å²) < 4.78 is 11.5. The number of para-hydroxylation sites is 1. The fourth-order valence-corrected chi connectivity index (χ4v) is 5.73. The van der Waals surface area contributed by atoms with E-state index in [2.05, 4.69) is 29.2 Å². The maximum Gasteiger partial charge on any atom is 0.341 e. The Morgan fingerprint density at radius 3 is 2.43 bits per heavy atom. The molecule has 37 heavy (non-hydrogen) atoms. The molecule has 0 amide bonds. The number of thiophene rings is 1. The van der Waals surface area contributed by atoms with Gasteiger partial charge in [0, 0.05) is 36.3 Å². The number of benzene rings is 3. The summed E-state index contributed by atoms with van der Waals surface area (Å²) in [5.74, 6) is 0.459. The number of esters is 1. The Morgan fingerprint density at radius 2 is 1.68 bits per heavy atom. The lowest BCUT2D eigenvalue weighted by atomic mass is 10.0. The van der Waals surface area contributed by atoms with E-state index < -0.39 is 0 Å². The van der Waals surface area contributed by atoms with Crippen LogP contribution in [-0.2, 0) is 30.9 Å². The normalized spacial score (nSPS) is 13.4. The van der Waals surface area contributed by atoms with E-state index in [4.69, 9.17) is 14.5 Å². The Morgan fingerprint density at radius 1 is 0.973 bits per heavy atom. The van der Waals surface area contributed by atoms with Gasteiger partial charge in [0.05, 0.1) is 12.2 Å². The fourth-order valence-electron chi connectivity index (χ4n) is 4.51. The topological polar surface area (TPSA) is 51.1 Å². The van der Waals surface area contributed by atoms with Gasteiger partial charge in [0.2, 0.25) is 0 Å². The van der Waals surface area contributed by atoms with Gasteiger partial charge in [-0.2, -0.15) is 0 Å². The summed E-state index contributed by atoms with van der Waals surface area (Å²) in [4.78, 5) is 21.4. The summed E-state index contributed by atoms with van der Waals surface area (Å²) in [7, 11) is 0. The van der Waals surface area contributed by atoms with Crippen molar-refractivity contribution < 1.29 is 14.3 Å². The van der Waals surface area contributed by atoms with Gasteiger partial charge >= 0.3 is 5.97 Å². The smallest absolute Gasteiger partial charge is 0.341 e. The van der Waals surface area contributed by atoms with E-state index in [9.17, 15) is 4.79 Å². The van der Waals surface area contributed by atoms with E-state index in [1.807, 2.05) is 67.6 Å². The molecule has 0 radical (unpaired) electrons. The van der Waals surface area contributed by atoms with Gasteiger partial charge in [-0.05, 0) is 42.2 Å². The van der Waals surface area contributed by atoms with Gasteiger partial charge in [-0.25, -0.2) is 9.79 Å². The third-order valence-corrected chi connectivity index (χ3v) is 7.45.